The van der Waals surface area contributed by atoms with Crippen molar-refractivity contribution in [3.05, 3.63) is 93.2 Å². The van der Waals surface area contributed by atoms with E-state index in [4.69, 9.17) is 9.47 Å². The molecule has 2 amide bonds. The van der Waals surface area contributed by atoms with Gasteiger partial charge < -0.3 is 9.47 Å². The van der Waals surface area contributed by atoms with Crippen molar-refractivity contribution >= 4 is 35.3 Å². The van der Waals surface area contributed by atoms with E-state index in [0.717, 1.165) is 63.7 Å². The molecule has 1 fully saturated rings. The molecule has 0 bridgehead atoms. The van der Waals surface area contributed by atoms with Crippen molar-refractivity contribution in [2.45, 2.75) is 69.3 Å². The lowest BCUT2D eigenvalue weighted by atomic mass is 10.2. The molecule has 6 nitrogen and oxygen atoms in total. The van der Waals surface area contributed by atoms with Gasteiger partial charge in [0.25, 0.3) is 11.8 Å². The fraction of sp³-hybridized carbons (Fsp3) is 0.333. The first kappa shape index (κ1) is 29.1. The lowest BCUT2D eigenvalue weighted by molar-refractivity contribution is -0.149. The van der Waals surface area contributed by atoms with Crippen LogP contribution in [-0.2, 0) is 22.7 Å². The van der Waals surface area contributed by atoms with Gasteiger partial charge in [-0.2, -0.15) is 0 Å². The monoisotopic (exact) mass is 588 g/mol. The quantitative estimate of drug-likeness (QED) is 0.123. The van der Waals surface area contributed by atoms with Crippen molar-refractivity contribution in [3.63, 3.8) is 0 Å². The maximum Gasteiger partial charge on any atom is 0.280 e. The average Bonchev–Trinajstić information content (AvgIpc) is 3.51. The maximum atomic E-state index is 14.0. The fourth-order valence-electron chi connectivity index (χ4n) is 4.72. The van der Waals surface area contributed by atoms with Gasteiger partial charge in [0.2, 0.25) is 0 Å². The summed E-state index contributed by atoms with van der Waals surface area (Å²) in [5.74, 6) is 1.03. The van der Waals surface area contributed by atoms with E-state index in [1.807, 2.05) is 73.7 Å². The van der Waals surface area contributed by atoms with Gasteiger partial charge in [0, 0.05) is 0 Å². The molecule has 0 aromatic heterocycles. The van der Waals surface area contributed by atoms with Crippen molar-refractivity contribution in [1.29, 1.82) is 0 Å². The second-order valence-electron chi connectivity index (χ2n) is 10.1. The lowest BCUT2D eigenvalue weighted by Crippen LogP contribution is -2.39. The number of carbonyl (C=O) groups excluding carboxylic acids is 2. The largest absolute Gasteiger partial charge is 0.492 e. The molecule has 41 heavy (non-hydrogen) atoms. The maximum absolute atomic E-state index is 14.0. The first-order valence-electron chi connectivity index (χ1n) is 14.3. The molecule has 0 atom stereocenters. The van der Waals surface area contributed by atoms with Crippen LogP contribution in [0, 0.1) is 6.92 Å². The van der Waals surface area contributed by atoms with E-state index in [1.165, 1.54) is 23.5 Å². The number of ether oxygens (including phenoxy) is 2. The third-order valence-corrected chi connectivity index (χ3v) is 9.59. The minimum absolute atomic E-state index is 0.208. The molecule has 5 rings (SSSR count). The topological polar surface area (TPSA) is 59.1 Å². The van der Waals surface area contributed by atoms with Crippen LogP contribution in [0.2, 0.25) is 0 Å². The summed E-state index contributed by atoms with van der Waals surface area (Å²) in [6.07, 6.45) is 3.98. The molecule has 0 saturated carbocycles. The lowest BCUT2D eigenvalue weighted by Gasteiger charge is -2.27. The van der Waals surface area contributed by atoms with Gasteiger partial charge in [-0.3, -0.25) is 9.59 Å². The molecule has 3 aromatic carbocycles. The summed E-state index contributed by atoms with van der Waals surface area (Å²) in [6.45, 7) is 8.16. The number of nitrogens with zero attached hydrogens (tertiary/aromatic N) is 2. The van der Waals surface area contributed by atoms with Crippen LogP contribution in [0.5, 0.6) is 11.5 Å². The molecule has 8 heteroatoms. The van der Waals surface area contributed by atoms with Crippen molar-refractivity contribution in [2.75, 3.05) is 13.2 Å². The third-order valence-electron chi connectivity index (χ3n) is 6.97. The number of thioether (sulfide) groups is 2. The normalized spacial score (nSPS) is 14.7. The summed E-state index contributed by atoms with van der Waals surface area (Å²) in [4.78, 5) is 29.9. The van der Waals surface area contributed by atoms with Gasteiger partial charge in [0.1, 0.15) is 17.1 Å². The third kappa shape index (κ3) is 6.44. The number of carbonyl (C=O) groups is 2. The molecular formula is C33H36N2O4S2. The highest BCUT2D eigenvalue weighted by atomic mass is 32.2. The van der Waals surface area contributed by atoms with E-state index in [1.54, 1.807) is 10.0 Å². The van der Waals surface area contributed by atoms with E-state index in [0.29, 0.717) is 30.5 Å². The summed E-state index contributed by atoms with van der Waals surface area (Å²) in [6, 6.07) is 21.6. The predicted octanol–water partition coefficient (Wildman–Crippen LogP) is 7.75. The zero-order valence-electron chi connectivity index (χ0n) is 23.9. The van der Waals surface area contributed by atoms with Crippen LogP contribution in [0.3, 0.4) is 0 Å². The van der Waals surface area contributed by atoms with Crippen LogP contribution < -0.4 is 9.47 Å². The van der Waals surface area contributed by atoms with Crippen LogP contribution in [0.25, 0.3) is 0 Å². The smallest absolute Gasteiger partial charge is 0.280 e. The Morgan fingerprint density at radius 1 is 0.707 bits per heavy atom. The van der Waals surface area contributed by atoms with Crippen LogP contribution in [-0.4, -0.2) is 35.0 Å². The molecule has 0 aliphatic carbocycles. The number of hydrogen-bond acceptors (Lipinski definition) is 6. The van der Waals surface area contributed by atoms with Gasteiger partial charge in [-0.25, -0.2) is 10.0 Å². The van der Waals surface area contributed by atoms with E-state index in [9.17, 15) is 9.59 Å². The summed E-state index contributed by atoms with van der Waals surface area (Å²) < 4.78 is 13.2. The Balaban J connectivity index is 1.52. The van der Waals surface area contributed by atoms with E-state index >= 15 is 0 Å². The minimum Gasteiger partial charge on any atom is -0.492 e. The number of hydrazine groups is 1. The highest BCUT2D eigenvalue weighted by Crippen LogP contribution is 2.60. The Kier molecular flexibility index (Phi) is 9.62. The van der Waals surface area contributed by atoms with Crippen molar-refractivity contribution in [3.8, 4) is 11.5 Å². The van der Waals surface area contributed by atoms with Gasteiger partial charge in [-0.1, -0.05) is 111 Å². The number of unbranched alkanes of at least 4 members (excludes halogenated alkanes) is 2. The van der Waals surface area contributed by atoms with E-state index in [-0.39, 0.29) is 17.4 Å². The molecule has 0 N–H and O–H groups in total. The SMILES string of the molecule is CCCCOc1cc(C)c(OCCCC)c2c1SC(=C1C(=O)N(Cc3ccccc3)N(Cc3ccccc3)C1=O)S2. The van der Waals surface area contributed by atoms with E-state index < -0.39 is 0 Å². The van der Waals surface area contributed by atoms with E-state index in [2.05, 4.69) is 13.8 Å². The molecule has 2 heterocycles. The number of fused-ring (bicyclic) bond motifs is 1. The van der Waals surface area contributed by atoms with Crippen molar-refractivity contribution < 1.29 is 19.1 Å². The molecule has 0 radical (unpaired) electrons. The van der Waals surface area contributed by atoms with Gasteiger partial charge in [-0.15, -0.1) is 0 Å². The first-order valence-corrected chi connectivity index (χ1v) is 15.9. The number of aryl methyl sites for hydroxylation is 1. The molecule has 1 saturated heterocycles. The van der Waals surface area contributed by atoms with Crippen molar-refractivity contribution in [2.24, 2.45) is 0 Å². The summed E-state index contributed by atoms with van der Waals surface area (Å²) in [5.41, 5.74) is 3.12. The molecule has 0 spiro atoms. The standard InChI is InChI=1S/C33H36N2O4S2/c1-4-6-18-38-26-20-23(3)28(39-19-7-5-2)30-29(26)40-33(41-30)27-31(36)34(21-24-14-10-8-11-15-24)35(32(27)37)22-25-16-12-9-13-17-25/h8-17,20H,4-7,18-19,21-22H2,1-3H3. The Bertz CT molecular complexity index is 1360. The average molecular weight is 589 g/mol. The molecule has 2 aliphatic heterocycles. The van der Waals surface area contributed by atoms with Crippen LogP contribution in [0.15, 0.2) is 86.3 Å². The molecule has 0 unspecified atom stereocenters. The van der Waals surface area contributed by atoms with Crippen molar-refractivity contribution in [1.82, 2.24) is 10.0 Å². The fourth-order valence-corrected chi connectivity index (χ4v) is 7.47. The van der Waals surface area contributed by atoms with Gasteiger partial charge >= 0.3 is 0 Å². The second-order valence-corrected chi connectivity index (χ2v) is 12.4. The second kappa shape index (κ2) is 13.5. The van der Waals surface area contributed by atoms with Crippen LogP contribution in [0.4, 0.5) is 0 Å². The molecule has 3 aromatic rings. The Morgan fingerprint density at radius 2 is 1.22 bits per heavy atom. The van der Waals surface area contributed by atoms with Crippen LogP contribution >= 0.6 is 23.5 Å². The van der Waals surface area contributed by atoms with Gasteiger partial charge in [-0.05, 0) is 42.5 Å². The Labute approximate surface area is 251 Å². The van der Waals surface area contributed by atoms with Gasteiger partial charge in [0.15, 0.2) is 0 Å². The highest BCUT2D eigenvalue weighted by molar-refractivity contribution is 8.25. The molecule has 214 valence electrons. The predicted molar refractivity (Wildman–Crippen MR) is 165 cm³/mol. The number of rotatable bonds is 12. The van der Waals surface area contributed by atoms with Crippen LogP contribution in [0.1, 0.15) is 56.2 Å². The van der Waals surface area contributed by atoms with Gasteiger partial charge in [0.05, 0.1) is 40.3 Å². The number of amides is 2. The Morgan fingerprint density at radius 3 is 1.76 bits per heavy atom. The summed E-state index contributed by atoms with van der Waals surface area (Å²) in [5, 5.41) is 3.17. The first-order chi connectivity index (χ1) is 20.0. The minimum atomic E-state index is -0.281. The number of benzene rings is 3. The summed E-state index contributed by atoms with van der Waals surface area (Å²) in [7, 11) is 0. The molecule has 2 aliphatic rings. The molecular weight excluding hydrogens is 553 g/mol. The zero-order chi connectivity index (χ0) is 28.8. The number of hydrogen-bond donors (Lipinski definition) is 0. The zero-order valence-corrected chi connectivity index (χ0v) is 25.5. The Hall–Kier alpha value is -3.36. The summed E-state index contributed by atoms with van der Waals surface area (Å²) >= 11 is 2.90. The highest BCUT2D eigenvalue weighted by Gasteiger charge is 2.45.